The largest absolute Gasteiger partial charge is 0.348 e. The smallest absolute Gasteiger partial charge is 0.126 e. The summed E-state index contributed by atoms with van der Waals surface area (Å²) in [5.41, 5.74) is 0.265. The summed E-state index contributed by atoms with van der Waals surface area (Å²) in [7, 11) is 0. The maximum atomic E-state index is 17.0. The topological polar surface area (TPSA) is 28.7 Å². The summed E-state index contributed by atoms with van der Waals surface area (Å²) in [5, 5.41) is 0. The van der Waals surface area contributed by atoms with Crippen LogP contribution < -0.4 is 0 Å². The Bertz CT molecular complexity index is 832. The van der Waals surface area contributed by atoms with Crippen molar-refractivity contribution < 1.29 is 4.39 Å². The van der Waals surface area contributed by atoms with Gasteiger partial charge in [-0.05, 0) is 86.7 Å². The molecule has 0 radical (unpaired) electrons. The quantitative estimate of drug-likeness (QED) is 0.400. The number of nitrogens with one attached hydrogen (secondary N) is 1. The first kappa shape index (κ1) is 20.8. The van der Waals surface area contributed by atoms with Gasteiger partial charge in [-0.25, -0.2) is 9.37 Å². The van der Waals surface area contributed by atoms with E-state index in [-0.39, 0.29) is 11.3 Å². The summed E-state index contributed by atoms with van der Waals surface area (Å²) >= 11 is 1.99. The van der Waals surface area contributed by atoms with Gasteiger partial charge in [0.25, 0.3) is 0 Å². The zero-order chi connectivity index (χ0) is 21.0. The van der Waals surface area contributed by atoms with Gasteiger partial charge in [-0.3, -0.25) is 0 Å². The Hall–Kier alpha value is -1.03. The average molecular weight is 429 g/mol. The minimum Gasteiger partial charge on any atom is -0.348 e. The summed E-state index contributed by atoms with van der Waals surface area (Å²) in [6.07, 6.45) is 17.9. The first-order valence-electron chi connectivity index (χ1n) is 12.0. The zero-order valence-corrected chi connectivity index (χ0v) is 19.6. The molecular formula is C26H37FN2S. The number of allylic oxidation sites excluding steroid dienone is 4. The number of hydrogen-bond acceptors (Lipinski definition) is 2. The van der Waals surface area contributed by atoms with E-state index in [4.69, 9.17) is 0 Å². The van der Waals surface area contributed by atoms with Crippen LogP contribution in [-0.4, -0.2) is 21.4 Å². The molecule has 0 aromatic carbocycles. The average Bonchev–Trinajstić information content (AvgIpc) is 3.32. The van der Waals surface area contributed by atoms with Crippen LogP contribution >= 0.6 is 11.8 Å². The fraction of sp³-hybridized carbons (Fsp3) is 0.731. The summed E-state index contributed by atoms with van der Waals surface area (Å²) < 4.78 is 17.0. The van der Waals surface area contributed by atoms with Gasteiger partial charge in [0.1, 0.15) is 11.5 Å². The molecule has 1 N–H and O–H groups in total. The molecule has 7 atom stereocenters. The molecule has 4 aliphatic carbocycles. The van der Waals surface area contributed by atoms with Crippen LogP contribution in [0, 0.1) is 34.5 Å². The van der Waals surface area contributed by atoms with E-state index in [0.717, 1.165) is 49.6 Å². The maximum absolute atomic E-state index is 17.0. The van der Waals surface area contributed by atoms with E-state index < -0.39 is 5.67 Å². The molecule has 0 aliphatic heterocycles. The number of imidazole rings is 1. The molecule has 3 fully saturated rings. The molecule has 1 unspecified atom stereocenters. The Labute approximate surface area is 185 Å². The van der Waals surface area contributed by atoms with Crippen molar-refractivity contribution in [1.29, 1.82) is 0 Å². The lowest BCUT2D eigenvalue weighted by molar-refractivity contribution is -0.126. The van der Waals surface area contributed by atoms with Crippen molar-refractivity contribution >= 4 is 11.8 Å². The minimum atomic E-state index is -1.05. The van der Waals surface area contributed by atoms with Crippen LogP contribution in [0.2, 0.25) is 0 Å². The highest BCUT2D eigenvalue weighted by Crippen LogP contribution is 2.70. The third-order valence-corrected chi connectivity index (χ3v) is 10.7. The van der Waals surface area contributed by atoms with Crippen molar-refractivity contribution in [3.05, 3.63) is 42.0 Å². The van der Waals surface area contributed by atoms with E-state index in [1.54, 1.807) is 0 Å². The van der Waals surface area contributed by atoms with Crippen molar-refractivity contribution in [2.45, 2.75) is 77.1 Å². The van der Waals surface area contributed by atoms with Gasteiger partial charge < -0.3 is 4.98 Å². The normalized spacial score (nSPS) is 44.9. The Morgan fingerprint density at radius 1 is 1.27 bits per heavy atom. The van der Waals surface area contributed by atoms with Gasteiger partial charge in [0.2, 0.25) is 0 Å². The molecule has 30 heavy (non-hydrogen) atoms. The zero-order valence-electron chi connectivity index (χ0n) is 18.8. The van der Waals surface area contributed by atoms with Crippen molar-refractivity contribution in [3.63, 3.8) is 0 Å². The highest BCUT2D eigenvalue weighted by molar-refractivity contribution is 7.98. The lowest BCUT2D eigenvalue weighted by Gasteiger charge is -2.60. The van der Waals surface area contributed by atoms with Crippen LogP contribution in [0.3, 0.4) is 0 Å². The monoisotopic (exact) mass is 428 g/mol. The molecule has 0 spiro atoms. The lowest BCUT2D eigenvalue weighted by atomic mass is 9.46. The molecule has 4 heteroatoms. The number of aromatic nitrogens is 2. The number of aromatic amines is 1. The minimum absolute atomic E-state index is 0.226. The van der Waals surface area contributed by atoms with Gasteiger partial charge in [0, 0.05) is 17.8 Å². The van der Waals surface area contributed by atoms with Crippen LogP contribution in [0.4, 0.5) is 4.39 Å². The van der Waals surface area contributed by atoms with Crippen LogP contribution in [0.1, 0.15) is 71.5 Å². The predicted molar refractivity (Wildman–Crippen MR) is 124 cm³/mol. The molecule has 0 amide bonds. The van der Waals surface area contributed by atoms with Crippen molar-refractivity contribution in [2.24, 2.45) is 34.5 Å². The summed E-state index contributed by atoms with van der Waals surface area (Å²) in [5.74, 6) is 5.41. The van der Waals surface area contributed by atoms with Crippen LogP contribution in [-0.2, 0) is 5.75 Å². The van der Waals surface area contributed by atoms with E-state index in [2.05, 4.69) is 49.0 Å². The summed E-state index contributed by atoms with van der Waals surface area (Å²) in [6.45, 7) is 7.17. The van der Waals surface area contributed by atoms with E-state index >= 15 is 4.39 Å². The number of alkyl halides is 1. The number of thioether (sulfide) groups is 1. The van der Waals surface area contributed by atoms with Gasteiger partial charge in [-0.1, -0.05) is 37.6 Å². The van der Waals surface area contributed by atoms with Crippen molar-refractivity contribution in [2.75, 3.05) is 5.75 Å². The van der Waals surface area contributed by atoms with Crippen molar-refractivity contribution in [1.82, 2.24) is 9.97 Å². The SMILES string of the molecule is CC1C[C@H]2[C@@H]3CCC4=CCC=C[C@]4(C)[C@@]3(F)CC[C@]2(C)[C@H]1CCSCc1ncc[nH]1. The second-order valence-corrected chi connectivity index (χ2v) is 12.0. The van der Waals surface area contributed by atoms with Gasteiger partial charge in [-0.15, -0.1) is 0 Å². The first-order chi connectivity index (χ1) is 14.4. The Kier molecular flexibility index (Phi) is 5.24. The molecule has 0 saturated heterocycles. The van der Waals surface area contributed by atoms with E-state index in [1.807, 2.05) is 24.2 Å². The highest BCUT2D eigenvalue weighted by atomic mass is 32.2. The third kappa shape index (κ3) is 2.99. The second kappa shape index (κ2) is 7.53. The molecule has 5 rings (SSSR count). The number of hydrogen-bond donors (Lipinski definition) is 1. The van der Waals surface area contributed by atoms with Gasteiger partial charge in [-0.2, -0.15) is 11.8 Å². The van der Waals surface area contributed by atoms with Gasteiger partial charge in [0.05, 0.1) is 5.75 Å². The summed E-state index contributed by atoms with van der Waals surface area (Å²) in [4.78, 5) is 7.55. The summed E-state index contributed by atoms with van der Waals surface area (Å²) in [6, 6.07) is 0. The standard InChI is InChI=1S/C26H37FN2S/c1-18-16-22-21-8-7-19-6-4-5-10-25(19,3)26(21,27)12-11-24(22,2)20(18)9-15-30-17-23-28-13-14-29-23/h5-6,10,13-14,18,20-22H,4,7-9,11-12,15-17H2,1-3H3,(H,28,29)/t18?,20-,21-,22-,24+,25-,26+/m0/s1. The fourth-order valence-electron chi connectivity index (χ4n) is 8.07. The van der Waals surface area contributed by atoms with Crippen molar-refractivity contribution in [3.8, 4) is 0 Å². The molecular weight excluding hydrogens is 391 g/mol. The van der Waals surface area contributed by atoms with Crippen LogP contribution in [0.15, 0.2) is 36.2 Å². The van der Waals surface area contributed by atoms with Gasteiger partial charge >= 0.3 is 0 Å². The fourth-order valence-corrected chi connectivity index (χ4v) is 8.98. The number of H-pyrrole nitrogens is 1. The van der Waals surface area contributed by atoms with Crippen LogP contribution in [0.5, 0.6) is 0 Å². The van der Waals surface area contributed by atoms with E-state index in [0.29, 0.717) is 17.3 Å². The molecule has 1 aromatic rings. The number of halogens is 1. The Morgan fingerprint density at radius 2 is 2.13 bits per heavy atom. The number of nitrogens with zero attached hydrogens (tertiary/aromatic N) is 1. The molecule has 0 bridgehead atoms. The Balaban J connectivity index is 1.32. The molecule has 4 aliphatic rings. The second-order valence-electron chi connectivity index (χ2n) is 10.9. The number of rotatable bonds is 5. The van der Waals surface area contributed by atoms with E-state index in [1.165, 1.54) is 24.2 Å². The Morgan fingerprint density at radius 3 is 2.93 bits per heavy atom. The van der Waals surface area contributed by atoms with E-state index in [9.17, 15) is 0 Å². The molecule has 3 saturated carbocycles. The maximum Gasteiger partial charge on any atom is 0.126 e. The molecule has 1 heterocycles. The molecule has 164 valence electrons. The van der Waals surface area contributed by atoms with Crippen LogP contribution in [0.25, 0.3) is 0 Å². The third-order valence-electron chi connectivity index (χ3n) is 9.68. The lowest BCUT2D eigenvalue weighted by Crippen LogP contribution is -2.59. The molecule has 1 aromatic heterocycles. The predicted octanol–water partition coefficient (Wildman–Crippen LogP) is 7.12. The van der Waals surface area contributed by atoms with Gasteiger partial charge in [0.15, 0.2) is 0 Å². The first-order valence-corrected chi connectivity index (χ1v) is 13.2. The highest BCUT2D eigenvalue weighted by Gasteiger charge is 2.66. The number of fused-ring (bicyclic) bond motifs is 5. The molecule has 2 nitrogen and oxygen atoms in total.